The van der Waals surface area contributed by atoms with Crippen LogP contribution in [0.4, 0.5) is 0 Å². The fraction of sp³-hybridized carbons (Fsp3) is 0.824. The van der Waals surface area contributed by atoms with Gasteiger partial charge in [0.2, 0.25) is 17.7 Å². The molecule has 2 aliphatic heterocycles. The SMILES string of the molecule is C[C@@H](O)[C@H](N)C(=O)N1CCC[C@H]1C(O)N1CCC[C@H]1C(=O)N[C@@H](CO)C(N)=O. The van der Waals surface area contributed by atoms with E-state index in [0.717, 1.165) is 0 Å². The van der Waals surface area contributed by atoms with Gasteiger partial charge in [-0.3, -0.25) is 19.3 Å². The number of aliphatic hydroxyl groups is 3. The third kappa shape index (κ3) is 4.78. The van der Waals surface area contributed by atoms with Crippen molar-refractivity contribution in [3.05, 3.63) is 0 Å². The summed E-state index contributed by atoms with van der Waals surface area (Å²) in [5, 5.41) is 32.1. The molecule has 160 valence electrons. The van der Waals surface area contributed by atoms with Crippen LogP contribution in [0, 0.1) is 0 Å². The largest absolute Gasteiger partial charge is 0.394 e. The third-order valence-corrected chi connectivity index (χ3v) is 5.51. The standard InChI is InChI=1S/C17H31N5O6/c1-9(24)13(18)17(28)22-7-3-5-12(22)16(27)21-6-2-4-11(21)15(26)20-10(8-23)14(19)25/h9-13,16,23-24,27H,2-8,18H2,1H3,(H2,19,25)(H,20,26)/t9-,10+,11+,12+,13+,16?/m1/s1. The first-order valence-electron chi connectivity index (χ1n) is 9.57. The number of likely N-dealkylation sites (tertiary alicyclic amines) is 2. The maximum atomic E-state index is 12.5. The molecule has 2 heterocycles. The van der Waals surface area contributed by atoms with Gasteiger partial charge in [-0.15, -0.1) is 0 Å². The highest BCUT2D eigenvalue weighted by molar-refractivity contribution is 5.89. The molecule has 2 fully saturated rings. The van der Waals surface area contributed by atoms with Crippen molar-refractivity contribution in [2.45, 2.75) is 69.1 Å². The van der Waals surface area contributed by atoms with E-state index in [1.807, 2.05) is 0 Å². The Balaban J connectivity index is 2.08. The number of nitrogens with one attached hydrogen (secondary N) is 1. The summed E-state index contributed by atoms with van der Waals surface area (Å²) in [6.45, 7) is 1.68. The maximum absolute atomic E-state index is 12.5. The summed E-state index contributed by atoms with van der Waals surface area (Å²) < 4.78 is 0. The van der Waals surface area contributed by atoms with Crippen LogP contribution in [0.3, 0.4) is 0 Å². The van der Waals surface area contributed by atoms with Crippen LogP contribution in [0.25, 0.3) is 0 Å². The zero-order chi connectivity index (χ0) is 21.0. The molecule has 6 atom stereocenters. The van der Waals surface area contributed by atoms with E-state index in [9.17, 15) is 29.7 Å². The Bertz CT molecular complexity index is 588. The van der Waals surface area contributed by atoms with Gasteiger partial charge in [0.25, 0.3) is 0 Å². The summed E-state index contributed by atoms with van der Waals surface area (Å²) in [6.07, 6.45) is 0.244. The number of rotatable bonds is 8. The number of hydrogen-bond donors (Lipinski definition) is 6. The summed E-state index contributed by atoms with van der Waals surface area (Å²) in [6, 6.07) is -3.52. The van der Waals surface area contributed by atoms with E-state index < -0.39 is 60.8 Å². The van der Waals surface area contributed by atoms with Gasteiger partial charge < -0.3 is 37.0 Å². The fourth-order valence-electron chi connectivity index (χ4n) is 3.86. The van der Waals surface area contributed by atoms with Crippen LogP contribution in [0.15, 0.2) is 0 Å². The number of nitrogens with two attached hydrogens (primary N) is 2. The molecule has 0 spiro atoms. The first-order valence-corrected chi connectivity index (χ1v) is 9.57. The van der Waals surface area contributed by atoms with E-state index in [-0.39, 0.29) is 0 Å². The van der Waals surface area contributed by atoms with Crippen molar-refractivity contribution in [1.82, 2.24) is 15.1 Å². The third-order valence-electron chi connectivity index (χ3n) is 5.51. The summed E-state index contributed by atoms with van der Waals surface area (Å²) in [7, 11) is 0. The lowest BCUT2D eigenvalue weighted by Gasteiger charge is -2.37. The van der Waals surface area contributed by atoms with Crippen LogP contribution >= 0.6 is 0 Å². The van der Waals surface area contributed by atoms with E-state index in [0.29, 0.717) is 38.8 Å². The number of primary amides is 1. The van der Waals surface area contributed by atoms with E-state index in [2.05, 4.69) is 5.32 Å². The first-order chi connectivity index (χ1) is 13.2. The molecule has 28 heavy (non-hydrogen) atoms. The summed E-state index contributed by atoms with van der Waals surface area (Å²) in [4.78, 5) is 39.4. The van der Waals surface area contributed by atoms with Crippen molar-refractivity contribution < 1.29 is 29.7 Å². The molecule has 2 rings (SSSR count). The zero-order valence-corrected chi connectivity index (χ0v) is 16.0. The van der Waals surface area contributed by atoms with Crippen molar-refractivity contribution in [2.24, 2.45) is 11.5 Å². The summed E-state index contributed by atoms with van der Waals surface area (Å²) in [5.74, 6) is -1.79. The van der Waals surface area contributed by atoms with Crippen LogP contribution in [-0.2, 0) is 14.4 Å². The van der Waals surface area contributed by atoms with Crippen LogP contribution in [0.5, 0.6) is 0 Å². The average molecular weight is 401 g/mol. The van der Waals surface area contributed by atoms with Crippen LogP contribution in [-0.4, -0.2) is 99.0 Å². The smallest absolute Gasteiger partial charge is 0.242 e. The molecule has 0 saturated carbocycles. The van der Waals surface area contributed by atoms with E-state index in [1.165, 1.54) is 11.8 Å². The predicted octanol–water partition coefficient (Wildman–Crippen LogP) is -3.57. The molecule has 0 bridgehead atoms. The zero-order valence-electron chi connectivity index (χ0n) is 16.0. The highest BCUT2D eigenvalue weighted by Crippen LogP contribution is 2.28. The molecule has 11 nitrogen and oxygen atoms in total. The number of carbonyl (C=O) groups excluding carboxylic acids is 3. The van der Waals surface area contributed by atoms with Crippen molar-refractivity contribution >= 4 is 17.7 Å². The molecule has 0 aliphatic carbocycles. The number of amides is 3. The minimum absolute atomic E-state index is 0.417. The lowest BCUT2D eigenvalue weighted by atomic mass is 10.1. The number of hydrogen-bond acceptors (Lipinski definition) is 8. The van der Waals surface area contributed by atoms with Gasteiger partial charge in [0.05, 0.1) is 24.8 Å². The second kappa shape index (κ2) is 9.61. The monoisotopic (exact) mass is 401 g/mol. The number of carbonyl (C=O) groups is 3. The van der Waals surface area contributed by atoms with Crippen molar-refractivity contribution in [1.29, 1.82) is 0 Å². The quantitative estimate of drug-likeness (QED) is 0.241. The molecule has 0 aromatic heterocycles. The molecule has 2 aliphatic rings. The van der Waals surface area contributed by atoms with Crippen molar-refractivity contribution in [3.8, 4) is 0 Å². The molecular formula is C17H31N5O6. The summed E-state index contributed by atoms with van der Waals surface area (Å²) in [5.41, 5.74) is 10.9. The molecule has 8 N–H and O–H groups in total. The summed E-state index contributed by atoms with van der Waals surface area (Å²) >= 11 is 0. The van der Waals surface area contributed by atoms with Crippen molar-refractivity contribution in [2.75, 3.05) is 19.7 Å². The Kier molecular flexibility index (Phi) is 7.72. The van der Waals surface area contributed by atoms with E-state index in [1.54, 1.807) is 4.90 Å². The predicted molar refractivity (Wildman–Crippen MR) is 98.3 cm³/mol. The van der Waals surface area contributed by atoms with Crippen LogP contribution < -0.4 is 16.8 Å². The Labute approximate surface area is 163 Å². The van der Waals surface area contributed by atoms with Gasteiger partial charge in [0.15, 0.2) is 0 Å². The highest BCUT2D eigenvalue weighted by atomic mass is 16.3. The van der Waals surface area contributed by atoms with Crippen LogP contribution in [0.1, 0.15) is 32.6 Å². The first kappa shape index (κ1) is 22.5. The Morgan fingerprint density at radius 2 is 1.82 bits per heavy atom. The van der Waals surface area contributed by atoms with Gasteiger partial charge in [0, 0.05) is 13.1 Å². The normalized spacial score (nSPS) is 27.2. The van der Waals surface area contributed by atoms with Gasteiger partial charge in [0.1, 0.15) is 18.3 Å². The molecule has 0 aromatic rings. The fourth-order valence-corrected chi connectivity index (χ4v) is 3.86. The Morgan fingerprint density at radius 1 is 1.18 bits per heavy atom. The molecule has 0 radical (unpaired) electrons. The van der Waals surface area contributed by atoms with E-state index >= 15 is 0 Å². The molecule has 3 amide bonds. The van der Waals surface area contributed by atoms with Crippen LogP contribution in [0.2, 0.25) is 0 Å². The molecule has 2 saturated heterocycles. The minimum Gasteiger partial charge on any atom is -0.394 e. The highest BCUT2D eigenvalue weighted by Gasteiger charge is 2.44. The van der Waals surface area contributed by atoms with E-state index in [4.69, 9.17) is 11.5 Å². The van der Waals surface area contributed by atoms with Gasteiger partial charge in [-0.2, -0.15) is 0 Å². The second-order valence-corrected chi connectivity index (χ2v) is 7.46. The Hall–Kier alpha value is -1.79. The van der Waals surface area contributed by atoms with Gasteiger partial charge in [-0.05, 0) is 32.6 Å². The van der Waals surface area contributed by atoms with Gasteiger partial charge >= 0.3 is 0 Å². The topological polar surface area (TPSA) is 182 Å². The molecular weight excluding hydrogens is 370 g/mol. The minimum atomic E-state index is -1.19. The second-order valence-electron chi connectivity index (χ2n) is 7.46. The molecule has 1 unspecified atom stereocenters. The maximum Gasteiger partial charge on any atom is 0.242 e. The number of aliphatic hydroxyl groups excluding tert-OH is 3. The van der Waals surface area contributed by atoms with Gasteiger partial charge in [-0.25, -0.2) is 0 Å². The average Bonchev–Trinajstić information content (AvgIpc) is 3.32. The molecule has 11 heteroatoms. The van der Waals surface area contributed by atoms with Gasteiger partial charge in [-0.1, -0.05) is 0 Å². The number of nitrogens with zero attached hydrogens (tertiary/aromatic N) is 2. The Morgan fingerprint density at radius 3 is 2.39 bits per heavy atom. The lowest BCUT2D eigenvalue weighted by molar-refractivity contribution is -0.144. The van der Waals surface area contributed by atoms with Crippen molar-refractivity contribution in [3.63, 3.8) is 0 Å². The lowest BCUT2D eigenvalue weighted by Crippen LogP contribution is -2.59. The molecule has 0 aromatic carbocycles.